The highest BCUT2D eigenvalue weighted by molar-refractivity contribution is 5.61. The van der Waals surface area contributed by atoms with Gasteiger partial charge in [-0.1, -0.05) is 91.0 Å². The summed E-state index contributed by atoms with van der Waals surface area (Å²) >= 11 is 0. The molecular formula is C26H22N4O. The molecule has 2 heterocycles. The summed E-state index contributed by atoms with van der Waals surface area (Å²) in [5.74, 6) is 7.20. The molecule has 2 aliphatic rings. The predicted octanol–water partition coefficient (Wildman–Crippen LogP) is 4.03. The average Bonchev–Trinajstić information content (AvgIpc) is 3.12. The molecule has 0 amide bonds. The summed E-state index contributed by atoms with van der Waals surface area (Å²) in [5.41, 5.74) is 5.07. The van der Waals surface area contributed by atoms with Gasteiger partial charge in [-0.3, -0.25) is 14.0 Å². The summed E-state index contributed by atoms with van der Waals surface area (Å²) in [7, 11) is 0. The lowest BCUT2D eigenvalue weighted by molar-refractivity contribution is 0.820. The lowest BCUT2D eigenvalue weighted by Crippen LogP contribution is -2.25. The number of hydrogen-bond acceptors (Lipinski definition) is 3. The molecule has 31 heavy (non-hydrogen) atoms. The summed E-state index contributed by atoms with van der Waals surface area (Å²) in [6, 6.07) is 29.9. The predicted molar refractivity (Wildman–Crippen MR) is 123 cm³/mol. The van der Waals surface area contributed by atoms with E-state index in [2.05, 4.69) is 12.1 Å². The smallest absolute Gasteiger partial charge is 0.278 e. The van der Waals surface area contributed by atoms with E-state index in [1.165, 1.54) is 0 Å². The molecule has 0 atom stereocenters. The van der Waals surface area contributed by atoms with Crippen LogP contribution in [0.5, 0.6) is 0 Å². The van der Waals surface area contributed by atoms with E-state index in [1.807, 2.05) is 78.9 Å². The molecule has 0 saturated heterocycles. The van der Waals surface area contributed by atoms with Crippen molar-refractivity contribution in [1.82, 2.24) is 14.2 Å². The number of imidazole rings is 1. The Morgan fingerprint density at radius 3 is 1.90 bits per heavy atom. The fourth-order valence-corrected chi connectivity index (χ4v) is 3.91. The lowest BCUT2D eigenvalue weighted by Gasteiger charge is -2.19. The highest BCUT2D eigenvalue weighted by Crippen LogP contribution is 2.25. The maximum atomic E-state index is 13.3. The molecule has 0 fully saturated rings. The van der Waals surface area contributed by atoms with Crippen LogP contribution in [0.1, 0.15) is 22.5 Å². The zero-order chi connectivity index (χ0) is 21.2. The maximum Gasteiger partial charge on any atom is 0.278 e. The Balaban J connectivity index is 1.70. The molecule has 0 aromatic heterocycles. The van der Waals surface area contributed by atoms with Crippen LogP contribution in [-0.2, 0) is 12.8 Å². The standard InChI is InChI=1S/C26H22N4O/c27-30-23(17-20-12-6-2-7-13-20)25-28-22(16-19-10-4-1-5-11-19)26(31)29(25)18-24(30)21-14-8-3-9-15-21/h1-15,18H,16-17,27H2. The summed E-state index contributed by atoms with van der Waals surface area (Å²) in [6.07, 6.45) is 2.85. The van der Waals surface area contributed by atoms with E-state index < -0.39 is 0 Å². The van der Waals surface area contributed by atoms with Crippen molar-refractivity contribution in [2.24, 2.45) is 0 Å². The van der Waals surface area contributed by atoms with Crippen LogP contribution in [0.15, 0.2) is 102 Å². The molecule has 0 aliphatic carbocycles. The van der Waals surface area contributed by atoms with Crippen molar-refractivity contribution in [1.29, 1.82) is 0 Å². The highest BCUT2D eigenvalue weighted by atomic mass is 16.1. The number of nitrogen functional groups attached to an aromatic ring is 1. The van der Waals surface area contributed by atoms with Crippen LogP contribution < -0.4 is 11.4 Å². The molecule has 0 unspecified atom stereocenters. The first kappa shape index (κ1) is 18.9. The van der Waals surface area contributed by atoms with Gasteiger partial charge in [0.2, 0.25) is 0 Å². The van der Waals surface area contributed by atoms with Crippen LogP contribution in [-0.4, -0.2) is 14.2 Å². The molecule has 0 spiro atoms. The minimum Gasteiger partial charge on any atom is -0.339 e. The Hall–Kier alpha value is -4.12. The van der Waals surface area contributed by atoms with Crippen molar-refractivity contribution in [2.45, 2.75) is 12.8 Å². The van der Waals surface area contributed by atoms with Gasteiger partial charge in [0, 0.05) is 24.6 Å². The van der Waals surface area contributed by atoms with Crippen molar-refractivity contribution in [3.05, 3.63) is 130 Å². The molecule has 2 aliphatic heterocycles. The van der Waals surface area contributed by atoms with E-state index in [9.17, 15) is 4.79 Å². The van der Waals surface area contributed by atoms with E-state index in [4.69, 9.17) is 10.8 Å². The number of benzene rings is 3. The van der Waals surface area contributed by atoms with Crippen LogP contribution in [0.3, 0.4) is 0 Å². The van der Waals surface area contributed by atoms with Gasteiger partial charge >= 0.3 is 0 Å². The van der Waals surface area contributed by atoms with Gasteiger partial charge in [-0.2, -0.15) is 0 Å². The fourth-order valence-electron chi connectivity index (χ4n) is 3.91. The molecule has 3 aromatic carbocycles. The third kappa shape index (κ3) is 3.62. The Morgan fingerprint density at radius 1 is 0.742 bits per heavy atom. The maximum absolute atomic E-state index is 13.3. The SMILES string of the molecule is Nn1c(-c2ccccc2)cn2c(=O)c(Cc3ccccc3)nc-2c1Cc1ccccc1. The van der Waals surface area contributed by atoms with Gasteiger partial charge in [0.25, 0.3) is 5.56 Å². The molecule has 3 aromatic rings. The second kappa shape index (κ2) is 7.95. The molecule has 5 rings (SSSR count). The van der Waals surface area contributed by atoms with E-state index in [0.717, 1.165) is 28.1 Å². The number of rotatable bonds is 5. The largest absolute Gasteiger partial charge is 0.339 e. The minimum atomic E-state index is -0.106. The van der Waals surface area contributed by atoms with E-state index in [1.54, 1.807) is 15.4 Å². The second-order valence-corrected chi connectivity index (χ2v) is 7.58. The van der Waals surface area contributed by atoms with E-state index >= 15 is 0 Å². The fraction of sp³-hybridized carbons (Fsp3) is 0.0769. The average molecular weight is 406 g/mol. The number of fused-ring (bicyclic) bond motifs is 1. The molecular weight excluding hydrogens is 384 g/mol. The highest BCUT2D eigenvalue weighted by Gasteiger charge is 2.23. The number of hydrogen-bond donors (Lipinski definition) is 1. The van der Waals surface area contributed by atoms with Crippen molar-refractivity contribution in [3.63, 3.8) is 0 Å². The quantitative estimate of drug-likeness (QED) is 0.448. The van der Waals surface area contributed by atoms with E-state index in [0.29, 0.717) is 24.4 Å². The summed E-state index contributed by atoms with van der Waals surface area (Å²) in [6.45, 7) is 0. The van der Waals surface area contributed by atoms with E-state index in [-0.39, 0.29) is 5.56 Å². The normalized spacial score (nSPS) is 11.1. The van der Waals surface area contributed by atoms with Gasteiger partial charge in [-0.05, 0) is 11.1 Å². The van der Waals surface area contributed by atoms with Crippen molar-refractivity contribution in [2.75, 3.05) is 5.84 Å². The Bertz CT molecular complexity index is 1340. The molecule has 5 heteroatoms. The minimum absolute atomic E-state index is 0.106. The van der Waals surface area contributed by atoms with Gasteiger partial charge in [0.1, 0.15) is 5.69 Å². The van der Waals surface area contributed by atoms with Crippen LogP contribution in [0.2, 0.25) is 0 Å². The van der Waals surface area contributed by atoms with Crippen LogP contribution in [0.4, 0.5) is 0 Å². The van der Waals surface area contributed by atoms with Gasteiger partial charge in [-0.25, -0.2) is 4.98 Å². The van der Waals surface area contributed by atoms with Crippen LogP contribution in [0, 0.1) is 0 Å². The summed E-state index contributed by atoms with van der Waals surface area (Å²) in [4.78, 5) is 18.0. The monoisotopic (exact) mass is 406 g/mol. The van der Waals surface area contributed by atoms with Crippen molar-refractivity contribution < 1.29 is 0 Å². The van der Waals surface area contributed by atoms with Gasteiger partial charge in [0.05, 0.1) is 11.4 Å². The molecule has 0 saturated carbocycles. The Labute approximate surface area is 180 Å². The Kier molecular flexibility index (Phi) is 4.84. The first-order valence-electron chi connectivity index (χ1n) is 10.2. The zero-order valence-electron chi connectivity index (χ0n) is 17.0. The second-order valence-electron chi connectivity index (χ2n) is 7.58. The third-order valence-electron chi connectivity index (χ3n) is 5.49. The van der Waals surface area contributed by atoms with Gasteiger partial charge in [0.15, 0.2) is 5.82 Å². The third-order valence-corrected chi connectivity index (χ3v) is 5.49. The molecule has 0 bridgehead atoms. The molecule has 152 valence electrons. The first-order valence-corrected chi connectivity index (χ1v) is 10.2. The van der Waals surface area contributed by atoms with Crippen LogP contribution in [0.25, 0.3) is 17.1 Å². The first-order chi connectivity index (χ1) is 15.2. The number of nitrogens with zero attached hydrogens (tertiary/aromatic N) is 3. The summed E-state index contributed by atoms with van der Waals surface area (Å²) < 4.78 is 3.30. The number of aromatic nitrogens is 3. The molecule has 5 nitrogen and oxygen atoms in total. The lowest BCUT2D eigenvalue weighted by atomic mass is 10.1. The van der Waals surface area contributed by atoms with Crippen molar-refractivity contribution in [3.8, 4) is 17.1 Å². The van der Waals surface area contributed by atoms with Gasteiger partial charge in [-0.15, -0.1) is 0 Å². The summed E-state index contributed by atoms with van der Waals surface area (Å²) in [5, 5.41) is 0. The van der Waals surface area contributed by atoms with Gasteiger partial charge < -0.3 is 5.84 Å². The molecule has 2 N–H and O–H groups in total. The van der Waals surface area contributed by atoms with Crippen molar-refractivity contribution >= 4 is 0 Å². The zero-order valence-corrected chi connectivity index (χ0v) is 17.0. The number of nitrogens with two attached hydrogens (primary N) is 1. The topological polar surface area (TPSA) is 65.8 Å². The Morgan fingerprint density at radius 2 is 1.29 bits per heavy atom. The molecule has 0 radical (unpaired) electrons. The van der Waals surface area contributed by atoms with Crippen LogP contribution >= 0.6 is 0 Å².